The Bertz CT molecular complexity index is 1130. The summed E-state index contributed by atoms with van der Waals surface area (Å²) in [5.41, 5.74) is 5.79. The van der Waals surface area contributed by atoms with Crippen molar-refractivity contribution in [2.45, 2.75) is 38.8 Å². The number of β-amino-alcohol motifs (C(OH)–C–C–N with tert-alkyl or cyclic N) is 1. The van der Waals surface area contributed by atoms with Gasteiger partial charge in [0.2, 0.25) is 0 Å². The first kappa shape index (κ1) is 20.2. The van der Waals surface area contributed by atoms with Crippen molar-refractivity contribution in [2.24, 2.45) is 0 Å². The first-order valence-corrected chi connectivity index (χ1v) is 11.3. The van der Waals surface area contributed by atoms with Crippen LogP contribution < -0.4 is 0 Å². The fourth-order valence-electron chi connectivity index (χ4n) is 5.09. The minimum absolute atomic E-state index is 0.127. The topological polar surface area (TPSA) is 43.8 Å². The van der Waals surface area contributed by atoms with E-state index in [-0.39, 0.29) is 12.0 Å². The highest BCUT2D eigenvalue weighted by atomic mass is 16.3. The summed E-state index contributed by atoms with van der Waals surface area (Å²) in [7, 11) is 0. The van der Waals surface area contributed by atoms with Crippen LogP contribution in [0.1, 0.15) is 34.3 Å². The lowest BCUT2D eigenvalue weighted by molar-refractivity contribution is -0.0381. The number of carbonyl (C=O) groups is 1. The van der Waals surface area contributed by atoms with Gasteiger partial charge in [-0.25, -0.2) is 0 Å². The van der Waals surface area contributed by atoms with Gasteiger partial charge in [-0.15, -0.1) is 0 Å². The van der Waals surface area contributed by atoms with Gasteiger partial charge >= 0.3 is 0 Å². The molecule has 0 spiro atoms. The third-order valence-electron chi connectivity index (χ3n) is 6.94. The van der Waals surface area contributed by atoms with E-state index in [9.17, 15) is 9.90 Å². The zero-order valence-electron chi connectivity index (χ0n) is 18.3. The lowest BCUT2D eigenvalue weighted by atomic mass is 9.95. The molecule has 2 saturated heterocycles. The second-order valence-electron chi connectivity index (χ2n) is 9.23. The summed E-state index contributed by atoms with van der Waals surface area (Å²) in [5.74, 6) is 0.127. The number of aliphatic hydroxyl groups is 1. The molecule has 0 bridgehead atoms. The number of benzene rings is 3. The number of carbonyl (C=O) groups excluding carboxylic acids is 1. The molecule has 2 aliphatic rings. The predicted octanol–water partition coefficient (Wildman–Crippen LogP) is 4.40. The Morgan fingerprint density at radius 2 is 1.61 bits per heavy atom. The summed E-state index contributed by atoms with van der Waals surface area (Å²) in [5, 5.41) is 11.8. The lowest BCUT2D eigenvalue weighted by Crippen LogP contribution is -2.58. The van der Waals surface area contributed by atoms with E-state index in [1.807, 2.05) is 17.0 Å². The molecule has 1 amide bonds. The molecule has 3 aromatic carbocycles. The molecule has 0 saturated carbocycles. The lowest BCUT2D eigenvalue weighted by Gasteiger charge is -2.45. The van der Waals surface area contributed by atoms with Gasteiger partial charge in [0, 0.05) is 37.8 Å². The van der Waals surface area contributed by atoms with Crippen molar-refractivity contribution in [3.05, 3.63) is 71.3 Å². The van der Waals surface area contributed by atoms with Gasteiger partial charge in [0.05, 0.1) is 6.10 Å². The molecule has 4 heteroatoms. The predicted molar refractivity (Wildman–Crippen MR) is 125 cm³/mol. The fourth-order valence-corrected chi connectivity index (χ4v) is 5.09. The molecule has 160 valence electrons. The fraction of sp³-hybridized carbons (Fsp3) is 0.370. The van der Waals surface area contributed by atoms with Crippen molar-refractivity contribution in [1.82, 2.24) is 9.80 Å². The Kier molecular flexibility index (Phi) is 5.28. The quantitative estimate of drug-likeness (QED) is 0.691. The molecule has 2 fully saturated rings. The van der Waals surface area contributed by atoms with Crippen LogP contribution >= 0.6 is 0 Å². The number of nitrogens with zero attached hydrogens (tertiary/aromatic N) is 2. The second-order valence-corrected chi connectivity index (χ2v) is 9.23. The maximum atomic E-state index is 13.1. The Labute approximate surface area is 184 Å². The smallest absolute Gasteiger partial charge is 0.253 e. The molecule has 31 heavy (non-hydrogen) atoms. The number of rotatable bonds is 3. The molecule has 5 rings (SSSR count). The van der Waals surface area contributed by atoms with E-state index < -0.39 is 0 Å². The third-order valence-corrected chi connectivity index (χ3v) is 6.94. The minimum atomic E-state index is -0.160. The highest BCUT2D eigenvalue weighted by Crippen LogP contribution is 2.29. The maximum Gasteiger partial charge on any atom is 0.253 e. The van der Waals surface area contributed by atoms with Crippen molar-refractivity contribution in [1.29, 1.82) is 0 Å². The normalized spacial score (nSPS) is 18.4. The summed E-state index contributed by atoms with van der Waals surface area (Å²) in [6, 6.07) is 19.6. The van der Waals surface area contributed by atoms with Gasteiger partial charge in [0.15, 0.2) is 0 Å². The van der Waals surface area contributed by atoms with Gasteiger partial charge in [-0.05, 0) is 72.4 Å². The summed E-state index contributed by atoms with van der Waals surface area (Å²) in [4.78, 5) is 17.4. The average molecular weight is 415 g/mol. The van der Waals surface area contributed by atoms with Crippen LogP contribution in [0.15, 0.2) is 54.6 Å². The van der Waals surface area contributed by atoms with Crippen molar-refractivity contribution in [2.75, 3.05) is 26.2 Å². The molecule has 2 heterocycles. The molecule has 1 N–H and O–H groups in total. The van der Waals surface area contributed by atoms with Crippen LogP contribution in [0.3, 0.4) is 0 Å². The summed E-state index contributed by atoms with van der Waals surface area (Å²) < 4.78 is 0. The van der Waals surface area contributed by atoms with Crippen LogP contribution in [0.2, 0.25) is 0 Å². The zero-order valence-corrected chi connectivity index (χ0v) is 18.3. The highest BCUT2D eigenvalue weighted by Gasteiger charge is 2.34. The molecular weight excluding hydrogens is 384 g/mol. The standard InChI is InChI=1S/C27H30N2O2/c1-18-3-8-26(19(2)13-18)22-6-4-21-15-23(7-5-20(21)14-22)27(31)28-11-9-24(10-12-28)29-16-25(30)17-29/h3-8,13-15,24-25,30H,9-12,16-17H2,1-2H3. The number of aryl methyl sites for hydroxylation is 2. The van der Waals surface area contributed by atoms with E-state index in [0.29, 0.717) is 6.04 Å². The van der Waals surface area contributed by atoms with Crippen LogP contribution in [-0.2, 0) is 0 Å². The number of likely N-dealkylation sites (tertiary alicyclic amines) is 2. The SMILES string of the molecule is Cc1ccc(-c2ccc3cc(C(=O)N4CCC(N5CC(O)C5)CC4)ccc3c2)c(C)c1. The molecule has 0 atom stereocenters. The number of aliphatic hydroxyl groups excluding tert-OH is 1. The van der Waals surface area contributed by atoms with Gasteiger partial charge in [-0.3, -0.25) is 9.69 Å². The molecule has 3 aromatic rings. The summed E-state index contributed by atoms with van der Waals surface area (Å²) in [6.07, 6.45) is 1.82. The number of hydrogen-bond acceptors (Lipinski definition) is 3. The second kappa shape index (κ2) is 8.10. The van der Waals surface area contributed by atoms with Gasteiger partial charge < -0.3 is 10.0 Å². The monoisotopic (exact) mass is 414 g/mol. The summed E-state index contributed by atoms with van der Waals surface area (Å²) in [6.45, 7) is 7.43. The van der Waals surface area contributed by atoms with Gasteiger partial charge in [-0.1, -0.05) is 42.0 Å². The first-order valence-electron chi connectivity index (χ1n) is 11.3. The third kappa shape index (κ3) is 3.98. The Morgan fingerprint density at radius 1 is 0.903 bits per heavy atom. The van der Waals surface area contributed by atoms with Crippen molar-refractivity contribution >= 4 is 16.7 Å². The van der Waals surface area contributed by atoms with Gasteiger partial charge in [0.25, 0.3) is 5.91 Å². The van der Waals surface area contributed by atoms with Gasteiger partial charge in [0.1, 0.15) is 0 Å². The number of amides is 1. The van der Waals surface area contributed by atoms with E-state index >= 15 is 0 Å². The van der Waals surface area contributed by atoms with Crippen molar-refractivity contribution in [3.8, 4) is 11.1 Å². The van der Waals surface area contributed by atoms with E-state index in [2.05, 4.69) is 61.2 Å². The van der Waals surface area contributed by atoms with Crippen LogP contribution in [0.25, 0.3) is 21.9 Å². The Hall–Kier alpha value is -2.69. The molecule has 0 aromatic heterocycles. The van der Waals surface area contributed by atoms with Gasteiger partial charge in [-0.2, -0.15) is 0 Å². The Morgan fingerprint density at radius 3 is 2.32 bits per heavy atom. The molecule has 2 aliphatic heterocycles. The molecule has 0 unspecified atom stereocenters. The van der Waals surface area contributed by atoms with E-state index in [4.69, 9.17) is 0 Å². The molecule has 0 radical (unpaired) electrons. The Balaban J connectivity index is 1.31. The van der Waals surface area contributed by atoms with E-state index in [1.54, 1.807) is 0 Å². The number of fused-ring (bicyclic) bond motifs is 1. The van der Waals surface area contributed by atoms with E-state index in [1.165, 1.54) is 22.3 Å². The average Bonchev–Trinajstić information content (AvgIpc) is 2.76. The molecular formula is C27H30N2O2. The van der Waals surface area contributed by atoms with Crippen LogP contribution in [0, 0.1) is 13.8 Å². The number of piperidine rings is 1. The first-order chi connectivity index (χ1) is 15.0. The van der Waals surface area contributed by atoms with Crippen molar-refractivity contribution in [3.63, 3.8) is 0 Å². The zero-order chi connectivity index (χ0) is 21.5. The highest BCUT2D eigenvalue weighted by molar-refractivity contribution is 5.99. The van der Waals surface area contributed by atoms with Crippen LogP contribution in [0.4, 0.5) is 0 Å². The van der Waals surface area contributed by atoms with Crippen LogP contribution in [0.5, 0.6) is 0 Å². The minimum Gasteiger partial charge on any atom is -0.390 e. The van der Waals surface area contributed by atoms with Crippen LogP contribution in [-0.4, -0.2) is 59.1 Å². The summed E-state index contributed by atoms with van der Waals surface area (Å²) >= 11 is 0. The van der Waals surface area contributed by atoms with E-state index in [0.717, 1.165) is 55.4 Å². The van der Waals surface area contributed by atoms with Crippen molar-refractivity contribution < 1.29 is 9.90 Å². The largest absolute Gasteiger partial charge is 0.390 e. The maximum absolute atomic E-state index is 13.1. The molecule has 4 nitrogen and oxygen atoms in total. The molecule has 0 aliphatic carbocycles. The number of hydrogen-bond donors (Lipinski definition) is 1.